The Bertz CT molecular complexity index is 430. The van der Waals surface area contributed by atoms with E-state index in [1.807, 2.05) is 17.4 Å². The number of aryl methyl sites for hydroxylation is 1. The second kappa shape index (κ2) is 6.89. The van der Waals surface area contributed by atoms with Crippen molar-refractivity contribution in [3.8, 4) is 0 Å². The van der Waals surface area contributed by atoms with Crippen LogP contribution in [-0.2, 0) is 4.79 Å². The number of aromatic nitrogens is 2. The third-order valence-electron chi connectivity index (χ3n) is 3.69. The molecular weight excluding hydrogens is 258 g/mol. The molecule has 1 aromatic heterocycles. The highest BCUT2D eigenvalue weighted by atomic mass is 32.2. The van der Waals surface area contributed by atoms with Crippen molar-refractivity contribution in [3.05, 3.63) is 23.8 Å². The summed E-state index contributed by atoms with van der Waals surface area (Å²) in [5.41, 5.74) is 2.32. The third kappa shape index (κ3) is 3.69. The molecule has 104 valence electrons. The maximum Gasteiger partial charge on any atom is 0.223 e. The van der Waals surface area contributed by atoms with Gasteiger partial charge in [-0.1, -0.05) is 0 Å². The number of amides is 1. The first-order valence-electron chi connectivity index (χ1n) is 6.75. The van der Waals surface area contributed by atoms with E-state index in [0.29, 0.717) is 18.2 Å². The normalized spacial score (nSPS) is 16.6. The Kier molecular flexibility index (Phi) is 5.19. The number of hydrogen-bond acceptors (Lipinski definition) is 4. The van der Waals surface area contributed by atoms with Gasteiger partial charge in [-0.05, 0) is 31.6 Å². The van der Waals surface area contributed by atoms with E-state index < -0.39 is 0 Å². The summed E-state index contributed by atoms with van der Waals surface area (Å²) in [5, 5.41) is 0. The monoisotopic (exact) mass is 279 g/mol. The van der Waals surface area contributed by atoms with E-state index in [4.69, 9.17) is 0 Å². The minimum absolute atomic E-state index is 0.298. The van der Waals surface area contributed by atoms with Crippen molar-refractivity contribution in [2.45, 2.75) is 32.1 Å². The first-order valence-corrected chi connectivity index (χ1v) is 8.15. The van der Waals surface area contributed by atoms with Crippen LogP contribution in [0.15, 0.2) is 12.5 Å². The molecule has 0 bridgehead atoms. The predicted molar refractivity (Wildman–Crippen MR) is 78.3 cm³/mol. The molecule has 0 unspecified atom stereocenters. The highest BCUT2D eigenvalue weighted by molar-refractivity contribution is 7.98. The fraction of sp³-hybridized carbons (Fsp3) is 0.643. The molecule has 4 nitrogen and oxygen atoms in total. The topological polar surface area (TPSA) is 46.1 Å². The molecule has 0 N–H and O–H groups in total. The molecule has 1 fully saturated rings. The molecule has 0 aromatic carbocycles. The van der Waals surface area contributed by atoms with Gasteiger partial charge in [-0.25, -0.2) is 9.97 Å². The molecule has 1 aliphatic heterocycles. The van der Waals surface area contributed by atoms with E-state index in [1.165, 1.54) is 0 Å². The van der Waals surface area contributed by atoms with E-state index in [2.05, 4.69) is 16.9 Å². The van der Waals surface area contributed by atoms with Gasteiger partial charge >= 0.3 is 0 Å². The molecule has 0 saturated carbocycles. The Hall–Kier alpha value is -1.10. The SMILES string of the molecule is CSCCC(=O)N1CCC(c2ncncc2C)CC1. The van der Waals surface area contributed by atoms with Crippen LogP contribution in [0.5, 0.6) is 0 Å². The number of thioether (sulfide) groups is 1. The molecule has 1 amide bonds. The Balaban J connectivity index is 1.89. The quantitative estimate of drug-likeness (QED) is 0.848. The number of likely N-dealkylation sites (tertiary alicyclic amines) is 1. The molecule has 0 aliphatic carbocycles. The van der Waals surface area contributed by atoms with Gasteiger partial charge in [-0.3, -0.25) is 4.79 Å². The Labute approximate surface area is 119 Å². The Morgan fingerprint density at radius 1 is 1.47 bits per heavy atom. The Morgan fingerprint density at radius 3 is 2.84 bits per heavy atom. The largest absolute Gasteiger partial charge is 0.343 e. The number of hydrogen-bond donors (Lipinski definition) is 0. The fourth-order valence-electron chi connectivity index (χ4n) is 2.59. The smallest absolute Gasteiger partial charge is 0.223 e. The molecule has 0 atom stereocenters. The lowest BCUT2D eigenvalue weighted by atomic mass is 9.91. The summed E-state index contributed by atoms with van der Waals surface area (Å²) in [6.07, 6.45) is 8.23. The molecule has 2 heterocycles. The molecule has 5 heteroatoms. The van der Waals surface area contributed by atoms with Crippen molar-refractivity contribution in [1.29, 1.82) is 0 Å². The molecule has 19 heavy (non-hydrogen) atoms. The molecule has 2 rings (SSSR count). The zero-order valence-electron chi connectivity index (χ0n) is 11.6. The first kappa shape index (κ1) is 14.3. The summed E-state index contributed by atoms with van der Waals surface area (Å²) < 4.78 is 0. The van der Waals surface area contributed by atoms with Gasteiger partial charge in [-0.15, -0.1) is 0 Å². The lowest BCUT2D eigenvalue weighted by molar-refractivity contribution is -0.131. The number of carbonyl (C=O) groups is 1. The van der Waals surface area contributed by atoms with Crippen LogP contribution in [-0.4, -0.2) is 45.9 Å². The molecule has 1 saturated heterocycles. The summed E-state index contributed by atoms with van der Waals surface area (Å²) in [7, 11) is 0. The van der Waals surface area contributed by atoms with E-state index >= 15 is 0 Å². The van der Waals surface area contributed by atoms with Crippen LogP contribution in [0.4, 0.5) is 0 Å². The lowest BCUT2D eigenvalue weighted by Gasteiger charge is -2.32. The van der Waals surface area contributed by atoms with Crippen LogP contribution in [0.1, 0.15) is 36.4 Å². The van der Waals surface area contributed by atoms with Crippen LogP contribution >= 0.6 is 11.8 Å². The summed E-state index contributed by atoms with van der Waals surface area (Å²) in [4.78, 5) is 22.4. The average molecular weight is 279 g/mol. The van der Waals surface area contributed by atoms with Crippen molar-refractivity contribution >= 4 is 17.7 Å². The maximum absolute atomic E-state index is 12.0. The van der Waals surface area contributed by atoms with Gasteiger partial charge in [0.15, 0.2) is 0 Å². The highest BCUT2D eigenvalue weighted by Crippen LogP contribution is 2.28. The highest BCUT2D eigenvalue weighted by Gasteiger charge is 2.25. The minimum Gasteiger partial charge on any atom is -0.343 e. The van der Waals surface area contributed by atoms with Gasteiger partial charge in [0.1, 0.15) is 6.33 Å². The number of nitrogens with zero attached hydrogens (tertiary/aromatic N) is 3. The zero-order valence-corrected chi connectivity index (χ0v) is 12.4. The van der Waals surface area contributed by atoms with Gasteiger partial charge in [0.2, 0.25) is 5.91 Å². The second-order valence-electron chi connectivity index (χ2n) is 4.99. The van der Waals surface area contributed by atoms with Crippen molar-refractivity contribution in [2.24, 2.45) is 0 Å². The molecular formula is C14H21N3OS. The molecule has 0 radical (unpaired) electrons. The van der Waals surface area contributed by atoms with Gasteiger partial charge in [0.25, 0.3) is 0 Å². The van der Waals surface area contributed by atoms with Crippen LogP contribution in [0.25, 0.3) is 0 Å². The second-order valence-corrected chi connectivity index (χ2v) is 5.97. The number of carbonyl (C=O) groups excluding carboxylic acids is 1. The maximum atomic E-state index is 12.0. The van der Waals surface area contributed by atoms with Crippen LogP contribution < -0.4 is 0 Å². The number of piperidine rings is 1. The minimum atomic E-state index is 0.298. The van der Waals surface area contributed by atoms with Crippen molar-refractivity contribution in [1.82, 2.24) is 14.9 Å². The average Bonchev–Trinajstić information content (AvgIpc) is 2.45. The van der Waals surface area contributed by atoms with Gasteiger partial charge in [-0.2, -0.15) is 11.8 Å². The van der Waals surface area contributed by atoms with E-state index in [-0.39, 0.29) is 0 Å². The van der Waals surface area contributed by atoms with E-state index in [1.54, 1.807) is 18.1 Å². The number of rotatable bonds is 4. The van der Waals surface area contributed by atoms with Crippen molar-refractivity contribution < 1.29 is 4.79 Å². The summed E-state index contributed by atoms with van der Waals surface area (Å²) in [6, 6.07) is 0. The van der Waals surface area contributed by atoms with Gasteiger partial charge in [0, 0.05) is 43.1 Å². The van der Waals surface area contributed by atoms with Gasteiger partial charge in [0.05, 0.1) is 0 Å². The summed E-state index contributed by atoms with van der Waals surface area (Å²) >= 11 is 1.73. The van der Waals surface area contributed by atoms with Crippen LogP contribution in [0, 0.1) is 6.92 Å². The zero-order chi connectivity index (χ0) is 13.7. The lowest BCUT2D eigenvalue weighted by Crippen LogP contribution is -2.38. The Morgan fingerprint density at radius 2 is 2.21 bits per heavy atom. The third-order valence-corrected chi connectivity index (χ3v) is 4.30. The molecule has 1 aromatic rings. The molecule has 0 spiro atoms. The van der Waals surface area contributed by atoms with Crippen LogP contribution in [0.3, 0.4) is 0 Å². The van der Waals surface area contributed by atoms with Gasteiger partial charge < -0.3 is 4.90 Å². The predicted octanol–water partition coefficient (Wildman–Crippen LogP) is 2.24. The summed E-state index contributed by atoms with van der Waals surface area (Å²) in [6.45, 7) is 3.79. The first-order chi connectivity index (χ1) is 9.22. The van der Waals surface area contributed by atoms with Crippen molar-refractivity contribution in [3.63, 3.8) is 0 Å². The van der Waals surface area contributed by atoms with Crippen LogP contribution in [0.2, 0.25) is 0 Å². The fourth-order valence-corrected chi connectivity index (χ4v) is 2.96. The summed E-state index contributed by atoms with van der Waals surface area (Å²) in [5.74, 6) is 1.70. The van der Waals surface area contributed by atoms with E-state index in [0.717, 1.165) is 42.9 Å². The molecule has 1 aliphatic rings. The van der Waals surface area contributed by atoms with E-state index in [9.17, 15) is 4.79 Å². The van der Waals surface area contributed by atoms with Crippen molar-refractivity contribution in [2.75, 3.05) is 25.1 Å². The standard InChI is InChI=1S/C14H21N3OS/c1-11-9-15-10-16-14(11)12-3-6-17(7-4-12)13(18)5-8-19-2/h9-10,12H,3-8H2,1-2H3.